The molecule has 0 N–H and O–H groups in total. The molecule has 0 aliphatic heterocycles. The third-order valence-electron chi connectivity index (χ3n) is 4.98. The number of carbonyl (C=O) groups excluding carboxylic acids is 1. The predicted octanol–water partition coefficient (Wildman–Crippen LogP) is 4.60. The van der Waals surface area contributed by atoms with Crippen LogP contribution in [0.4, 0.5) is 0 Å². The Labute approximate surface area is 190 Å². The minimum atomic E-state index is -0.607. The van der Waals surface area contributed by atoms with Gasteiger partial charge in [0.2, 0.25) is 11.2 Å². The quantitative estimate of drug-likeness (QED) is 0.366. The lowest BCUT2D eigenvalue weighted by atomic mass is 10.1. The van der Waals surface area contributed by atoms with Gasteiger partial charge in [0, 0.05) is 5.56 Å². The van der Waals surface area contributed by atoms with Crippen LogP contribution in [0.2, 0.25) is 0 Å². The van der Waals surface area contributed by atoms with Crippen molar-refractivity contribution in [1.82, 2.24) is 0 Å². The number of benzene rings is 3. The second kappa shape index (κ2) is 9.91. The highest BCUT2D eigenvalue weighted by atomic mass is 16.6. The maximum Gasteiger partial charge on any atom is 0.344 e. The first kappa shape index (κ1) is 22.0. The second-order valence-corrected chi connectivity index (χ2v) is 7.09. The number of hydrogen-bond donors (Lipinski definition) is 0. The average molecular weight is 446 g/mol. The van der Waals surface area contributed by atoms with Crippen LogP contribution in [0.25, 0.3) is 22.3 Å². The lowest BCUT2D eigenvalue weighted by Gasteiger charge is -2.13. The van der Waals surface area contributed by atoms with Crippen LogP contribution in [-0.2, 0) is 16.1 Å². The van der Waals surface area contributed by atoms with E-state index in [-0.39, 0.29) is 18.1 Å². The van der Waals surface area contributed by atoms with E-state index in [1.165, 1.54) is 14.2 Å². The summed E-state index contributed by atoms with van der Waals surface area (Å²) in [6.07, 6.45) is 0. The number of ether oxygens (including phenoxy) is 4. The molecule has 0 aliphatic carbocycles. The Kier molecular flexibility index (Phi) is 6.59. The molecule has 0 saturated heterocycles. The van der Waals surface area contributed by atoms with Gasteiger partial charge in [-0.15, -0.1) is 0 Å². The molecule has 4 aromatic rings. The molecule has 0 bridgehead atoms. The van der Waals surface area contributed by atoms with E-state index in [4.69, 9.17) is 23.4 Å². The van der Waals surface area contributed by atoms with Crippen LogP contribution in [0, 0.1) is 0 Å². The standard InChI is InChI=1S/C26H22O7/c1-29-21-13-12-18(14-22(21)30-2)25-26(24(28)19-10-6-7-11-20(19)33-25)32-16-23(27)31-15-17-8-4-3-5-9-17/h3-14H,15-16H2,1-2H3. The van der Waals surface area contributed by atoms with Gasteiger partial charge in [0.1, 0.15) is 12.2 Å². The highest BCUT2D eigenvalue weighted by Crippen LogP contribution is 2.36. The van der Waals surface area contributed by atoms with Crippen LogP contribution in [0.3, 0.4) is 0 Å². The van der Waals surface area contributed by atoms with E-state index in [0.29, 0.717) is 28.0 Å². The largest absolute Gasteiger partial charge is 0.493 e. The predicted molar refractivity (Wildman–Crippen MR) is 123 cm³/mol. The first-order chi connectivity index (χ1) is 16.1. The Balaban J connectivity index is 1.66. The first-order valence-corrected chi connectivity index (χ1v) is 10.2. The monoisotopic (exact) mass is 446 g/mol. The molecule has 0 spiro atoms. The summed E-state index contributed by atoms with van der Waals surface area (Å²) in [6.45, 7) is -0.339. The van der Waals surface area contributed by atoms with Gasteiger partial charge in [0.05, 0.1) is 19.6 Å². The zero-order valence-electron chi connectivity index (χ0n) is 18.2. The first-order valence-electron chi connectivity index (χ1n) is 10.2. The maximum absolute atomic E-state index is 13.2. The fourth-order valence-corrected chi connectivity index (χ4v) is 3.33. The van der Waals surface area contributed by atoms with E-state index in [1.807, 2.05) is 30.3 Å². The van der Waals surface area contributed by atoms with Gasteiger partial charge in [-0.25, -0.2) is 4.79 Å². The number of fused-ring (bicyclic) bond motifs is 1. The Bertz CT molecular complexity index is 1330. The highest BCUT2D eigenvalue weighted by molar-refractivity contribution is 5.82. The van der Waals surface area contributed by atoms with Crippen molar-refractivity contribution in [2.45, 2.75) is 6.61 Å². The van der Waals surface area contributed by atoms with Crippen molar-refractivity contribution in [2.75, 3.05) is 20.8 Å². The molecule has 0 unspecified atom stereocenters. The molecule has 0 atom stereocenters. The lowest BCUT2D eigenvalue weighted by molar-refractivity contribution is -0.147. The fourth-order valence-electron chi connectivity index (χ4n) is 3.33. The van der Waals surface area contributed by atoms with Crippen molar-refractivity contribution >= 4 is 16.9 Å². The zero-order valence-corrected chi connectivity index (χ0v) is 18.2. The summed E-state index contributed by atoms with van der Waals surface area (Å²) < 4.78 is 27.6. The minimum Gasteiger partial charge on any atom is -0.493 e. The van der Waals surface area contributed by atoms with Crippen LogP contribution in [0.15, 0.2) is 82.0 Å². The summed E-state index contributed by atoms with van der Waals surface area (Å²) in [5.74, 6) is 0.466. The molecule has 0 aliphatic rings. The highest BCUT2D eigenvalue weighted by Gasteiger charge is 2.20. The normalized spacial score (nSPS) is 10.6. The number of methoxy groups -OCH3 is 2. The molecule has 0 amide bonds. The zero-order chi connectivity index (χ0) is 23.2. The van der Waals surface area contributed by atoms with Gasteiger partial charge in [-0.05, 0) is 35.9 Å². The third kappa shape index (κ3) is 4.82. The fraction of sp³-hybridized carbons (Fsp3) is 0.154. The number of esters is 1. The van der Waals surface area contributed by atoms with Crippen molar-refractivity contribution in [3.05, 3.63) is 88.6 Å². The number of para-hydroxylation sites is 1. The van der Waals surface area contributed by atoms with Crippen LogP contribution in [-0.4, -0.2) is 26.8 Å². The minimum absolute atomic E-state index is 0.0856. The molecule has 0 radical (unpaired) electrons. The Hall–Kier alpha value is -4.26. The van der Waals surface area contributed by atoms with Crippen molar-refractivity contribution in [2.24, 2.45) is 0 Å². The topological polar surface area (TPSA) is 84.2 Å². The lowest BCUT2D eigenvalue weighted by Crippen LogP contribution is -2.19. The van der Waals surface area contributed by atoms with E-state index < -0.39 is 18.0 Å². The van der Waals surface area contributed by atoms with Crippen LogP contribution in [0.5, 0.6) is 17.2 Å². The molecule has 7 nitrogen and oxygen atoms in total. The Morgan fingerprint density at radius 1 is 0.879 bits per heavy atom. The van der Waals surface area contributed by atoms with Crippen molar-refractivity contribution < 1.29 is 28.2 Å². The van der Waals surface area contributed by atoms with Gasteiger partial charge in [-0.1, -0.05) is 42.5 Å². The molecular formula is C26H22O7. The maximum atomic E-state index is 13.2. The van der Waals surface area contributed by atoms with E-state index in [9.17, 15) is 9.59 Å². The van der Waals surface area contributed by atoms with Crippen LogP contribution < -0.4 is 19.6 Å². The van der Waals surface area contributed by atoms with Crippen molar-refractivity contribution in [3.8, 4) is 28.6 Å². The average Bonchev–Trinajstić information content (AvgIpc) is 2.87. The molecule has 1 heterocycles. The summed E-state index contributed by atoms with van der Waals surface area (Å²) in [6, 6.07) is 21.2. The second-order valence-electron chi connectivity index (χ2n) is 7.09. The summed E-state index contributed by atoms with van der Waals surface area (Å²) in [5.41, 5.74) is 1.38. The van der Waals surface area contributed by atoms with E-state index in [1.54, 1.807) is 42.5 Å². The number of rotatable bonds is 8. The van der Waals surface area contributed by atoms with E-state index in [2.05, 4.69) is 0 Å². The van der Waals surface area contributed by atoms with Gasteiger partial charge in [-0.2, -0.15) is 0 Å². The van der Waals surface area contributed by atoms with Gasteiger partial charge in [-0.3, -0.25) is 4.79 Å². The summed E-state index contributed by atoms with van der Waals surface area (Å²) in [7, 11) is 3.04. The smallest absolute Gasteiger partial charge is 0.344 e. The van der Waals surface area contributed by atoms with Crippen LogP contribution in [0.1, 0.15) is 5.56 Å². The molecule has 33 heavy (non-hydrogen) atoms. The number of carbonyl (C=O) groups is 1. The molecule has 0 fully saturated rings. The summed E-state index contributed by atoms with van der Waals surface area (Å²) in [5, 5.41) is 0.342. The summed E-state index contributed by atoms with van der Waals surface area (Å²) in [4.78, 5) is 25.5. The molecule has 7 heteroatoms. The van der Waals surface area contributed by atoms with Gasteiger partial charge >= 0.3 is 5.97 Å². The molecular weight excluding hydrogens is 424 g/mol. The Morgan fingerprint density at radius 3 is 2.36 bits per heavy atom. The van der Waals surface area contributed by atoms with E-state index >= 15 is 0 Å². The van der Waals surface area contributed by atoms with Crippen molar-refractivity contribution in [3.63, 3.8) is 0 Å². The number of hydrogen-bond acceptors (Lipinski definition) is 7. The molecule has 3 aromatic carbocycles. The molecule has 4 rings (SSSR count). The van der Waals surface area contributed by atoms with Gasteiger partial charge < -0.3 is 23.4 Å². The van der Waals surface area contributed by atoms with E-state index in [0.717, 1.165) is 5.56 Å². The molecule has 0 saturated carbocycles. The summed E-state index contributed by atoms with van der Waals surface area (Å²) >= 11 is 0. The third-order valence-corrected chi connectivity index (χ3v) is 4.98. The molecule has 1 aromatic heterocycles. The van der Waals surface area contributed by atoms with Crippen molar-refractivity contribution in [1.29, 1.82) is 0 Å². The van der Waals surface area contributed by atoms with Gasteiger partial charge in [0.15, 0.2) is 23.9 Å². The Morgan fingerprint density at radius 2 is 1.61 bits per heavy atom. The van der Waals surface area contributed by atoms with Gasteiger partial charge in [0.25, 0.3) is 0 Å². The SMILES string of the molecule is COc1ccc(-c2oc3ccccc3c(=O)c2OCC(=O)OCc2ccccc2)cc1OC. The molecule has 168 valence electrons. The van der Waals surface area contributed by atoms with Crippen LogP contribution >= 0.6 is 0 Å².